The van der Waals surface area contributed by atoms with Crippen LogP contribution in [0.1, 0.15) is 44.1 Å². The van der Waals surface area contributed by atoms with Gasteiger partial charge in [0, 0.05) is 6.42 Å². The predicted octanol–water partition coefficient (Wildman–Crippen LogP) is 4.16. The minimum Gasteiger partial charge on any atom is -0.481 e. The van der Waals surface area contributed by atoms with E-state index in [-0.39, 0.29) is 12.2 Å². The molecule has 7 heteroatoms. The maximum Gasteiger partial charge on any atom is 0.389 e. The highest BCUT2D eigenvalue weighted by molar-refractivity contribution is 5.85. The standard InChI is InChI=1S/C17H21F3O4/c1-2-3-11-24-16(23)13(9-10-17(18,19)20)14(15(21)22)12-7-5-4-6-8-12/h4-8,13-14H,2-3,9-11H2,1H3,(H,21,22). The molecule has 1 aromatic rings. The maximum atomic E-state index is 12.6. The molecule has 0 aliphatic carbocycles. The summed E-state index contributed by atoms with van der Waals surface area (Å²) < 4.78 is 42.7. The van der Waals surface area contributed by atoms with Gasteiger partial charge in [0.15, 0.2) is 0 Å². The van der Waals surface area contributed by atoms with Crippen molar-refractivity contribution in [1.82, 2.24) is 0 Å². The number of carbonyl (C=O) groups is 2. The number of carbonyl (C=O) groups excluding carboxylic acids is 1. The highest BCUT2D eigenvalue weighted by Gasteiger charge is 2.39. The molecule has 134 valence electrons. The van der Waals surface area contributed by atoms with Gasteiger partial charge in [-0.2, -0.15) is 13.2 Å². The van der Waals surface area contributed by atoms with E-state index in [4.69, 9.17) is 4.74 Å². The Morgan fingerprint density at radius 3 is 2.33 bits per heavy atom. The minimum absolute atomic E-state index is 0.0684. The summed E-state index contributed by atoms with van der Waals surface area (Å²) in [5.74, 6) is -5.00. The van der Waals surface area contributed by atoms with E-state index in [1.807, 2.05) is 6.92 Å². The Morgan fingerprint density at radius 2 is 1.83 bits per heavy atom. The van der Waals surface area contributed by atoms with Crippen molar-refractivity contribution in [1.29, 1.82) is 0 Å². The number of unbranched alkanes of at least 4 members (excludes halogenated alkanes) is 1. The van der Waals surface area contributed by atoms with E-state index in [0.717, 1.165) is 6.42 Å². The van der Waals surface area contributed by atoms with Gasteiger partial charge < -0.3 is 9.84 Å². The summed E-state index contributed by atoms with van der Waals surface area (Å²) >= 11 is 0. The highest BCUT2D eigenvalue weighted by atomic mass is 19.4. The first-order valence-corrected chi connectivity index (χ1v) is 7.77. The molecule has 0 spiro atoms. The van der Waals surface area contributed by atoms with E-state index < -0.39 is 42.8 Å². The number of esters is 1. The lowest BCUT2D eigenvalue weighted by atomic mass is 9.83. The number of alkyl halides is 3. The third-order valence-corrected chi connectivity index (χ3v) is 3.61. The van der Waals surface area contributed by atoms with E-state index in [9.17, 15) is 27.9 Å². The van der Waals surface area contributed by atoms with Gasteiger partial charge in [0.2, 0.25) is 0 Å². The molecule has 2 unspecified atom stereocenters. The van der Waals surface area contributed by atoms with Crippen LogP contribution >= 0.6 is 0 Å². The van der Waals surface area contributed by atoms with E-state index in [1.165, 1.54) is 12.1 Å². The van der Waals surface area contributed by atoms with Crippen molar-refractivity contribution in [2.45, 2.75) is 44.7 Å². The third-order valence-electron chi connectivity index (χ3n) is 3.61. The zero-order valence-electron chi connectivity index (χ0n) is 13.4. The Hall–Kier alpha value is -2.05. The Kier molecular flexibility index (Phi) is 7.74. The number of hydrogen-bond donors (Lipinski definition) is 1. The molecule has 0 bridgehead atoms. The van der Waals surface area contributed by atoms with Crippen LogP contribution in [0.5, 0.6) is 0 Å². The van der Waals surface area contributed by atoms with Gasteiger partial charge >= 0.3 is 18.1 Å². The van der Waals surface area contributed by atoms with Gasteiger partial charge in [0.05, 0.1) is 18.4 Å². The summed E-state index contributed by atoms with van der Waals surface area (Å²) in [4.78, 5) is 23.8. The third kappa shape index (κ3) is 6.60. The van der Waals surface area contributed by atoms with Crippen molar-refractivity contribution < 1.29 is 32.6 Å². The van der Waals surface area contributed by atoms with Gasteiger partial charge in [-0.1, -0.05) is 43.7 Å². The Bertz CT molecular complexity index is 528. The molecule has 1 aromatic carbocycles. The summed E-state index contributed by atoms with van der Waals surface area (Å²) in [7, 11) is 0. The van der Waals surface area contributed by atoms with Gasteiger partial charge in [0.25, 0.3) is 0 Å². The maximum absolute atomic E-state index is 12.6. The van der Waals surface area contributed by atoms with Crippen molar-refractivity contribution in [2.75, 3.05) is 6.61 Å². The van der Waals surface area contributed by atoms with Crippen LogP contribution in [0.3, 0.4) is 0 Å². The largest absolute Gasteiger partial charge is 0.481 e. The first-order valence-electron chi connectivity index (χ1n) is 7.77. The van der Waals surface area contributed by atoms with Crippen LogP contribution in [0.15, 0.2) is 30.3 Å². The lowest BCUT2D eigenvalue weighted by molar-refractivity contribution is -0.160. The molecule has 0 saturated carbocycles. The monoisotopic (exact) mass is 346 g/mol. The Labute approximate surface area is 138 Å². The van der Waals surface area contributed by atoms with Crippen LogP contribution in [0.25, 0.3) is 0 Å². The molecule has 0 aliphatic rings. The van der Waals surface area contributed by atoms with Crippen LogP contribution in [0, 0.1) is 5.92 Å². The first-order chi connectivity index (χ1) is 11.3. The lowest BCUT2D eigenvalue weighted by Crippen LogP contribution is -2.31. The molecule has 0 amide bonds. The van der Waals surface area contributed by atoms with Crippen molar-refractivity contribution >= 4 is 11.9 Å². The molecular formula is C17H21F3O4. The van der Waals surface area contributed by atoms with Gasteiger partial charge in [-0.3, -0.25) is 9.59 Å². The van der Waals surface area contributed by atoms with Crippen LogP contribution in [-0.2, 0) is 14.3 Å². The number of aliphatic carboxylic acids is 1. The molecule has 2 atom stereocenters. The van der Waals surface area contributed by atoms with Gasteiger partial charge in [0.1, 0.15) is 0 Å². The first kappa shape index (κ1) is 20.0. The van der Waals surface area contributed by atoms with Crippen LogP contribution in [0.4, 0.5) is 13.2 Å². The van der Waals surface area contributed by atoms with E-state index in [2.05, 4.69) is 0 Å². The quantitative estimate of drug-likeness (QED) is 0.539. The van der Waals surface area contributed by atoms with E-state index >= 15 is 0 Å². The van der Waals surface area contributed by atoms with E-state index in [1.54, 1.807) is 18.2 Å². The highest BCUT2D eigenvalue weighted by Crippen LogP contribution is 2.33. The number of hydrogen-bond acceptors (Lipinski definition) is 3. The van der Waals surface area contributed by atoms with E-state index in [0.29, 0.717) is 6.42 Å². The van der Waals surface area contributed by atoms with Crippen molar-refractivity contribution in [3.8, 4) is 0 Å². The number of ether oxygens (including phenoxy) is 1. The zero-order valence-corrected chi connectivity index (χ0v) is 13.4. The van der Waals surface area contributed by atoms with Gasteiger partial charge in [-0.15, -0.1) is 0 Å². The number of benzene rings is 1. The molecule has 0 aromatic heterocycles. The predicted molar refractivity (Wildman–Crippen MR) is 81.5 cm³/mol. The molecule has 24 heavy (non-hydrogen) atoms. The molecule has 0 fully saturated rings. The fraction of sp³-hybridized carbons (Fsp3) is 0.529. The molecule has 1 rings (SSSR count). The fourth-order valence-electron chi connectivity index (χ4n) is 2.37. The second-order valence-electron chi connectivity index (χ2n) is 5.51. The van der Waals surface area contributed by atoms with Crippen molar-refractivity contribution in [3.63, 3.8) is 0 Å². The Balaban J connectivity index is 3.02. The summed E-state index contributed by atoms with van der Waals surface area (Å²) in [6.07, 6.45) is -5.01. The van der Waals surface area contributed by atoms with Gasteiger partial charge in [-0.25, -0.2) is 0 Å². The molecule has 0 aliphatic heterocycles. The van der Waals surface area contributed by atoms with Crippen molar-refractivity contribution in [2.24, 2.45) is 5.92 Å². The summed E-state index contributed by atoms with van der Waals surface area (Å²) in [6.45, 7) is 1.94. The van der Waals surface area contributed by atoms with Crippen LogP contribution in [-0.4, -0.2) is 29.8 Å². The fourth-order valence-corrected chi connectivity index (χ4v) is 2.37. The average molecular weight is 346 g/mol. The normalized spacial score (nSPS) is 14.0. The van der Waals surface area contributed by atoms with Crippen LogP contribution < -0.4 is 0 Å². The van der Waals surface area contributed by atoms with Crippen molar-refractivity contribution in [3.05, 3.63) is 35.9 Å². The number of rotatable bonds is 9. The number of carboxylic acids is 1. The number of halogens is 3. The molecular weight excluding hydrogens is 325 g/mol. The molecule has 1 N–H and O–H groups in total. The second-order valence-corrected chi connectivity index (χ2v) is 5.51. The molecule has 0 saturated heterocycles. The molecule has 4 nitrogen and oxygen atoms in total. The summed E-state index contributed by atoms with van der Waals surface area (Å²) in [5, 5.41) is 9.46. The lowest BCUT2D eigenvalue weighted by Gasteiger charge is -2.23. The zero-order chi connectivity index (χ0) is 18.2. The summed E-state index contributed by atoms with van der Waals surface area (Å²) in [5.41, 5.74) is 0.282. The van der Waals surface area contributed by atoms with Gasteiger partial charge in [-0.05, 0) is 18.4 Å². The second kappa shape index (κ2) is 9.30. The Morgan fingerprint density at radius 1 is 1.21 bits per heavy atom. The smallest absolute Gasteiger partial charge is 0.389 e. The molecule has 0 heterocycles. The number of carboxylic acid groups (broad SMARTS) is 1. The minimum atomic E-state index is -4.47. The molecule has 0 radical (unpaired) electrons. The van der Waals surface area contributed by atoms with Crippen LogP contribution in [0.2, 0.25) is 0 Å². The SMILES string of the molecule is CCCCOC(=O)C(CCC(F)(F)F)C(C(=O)O)c1ccccc1. The average Bonchev–Trinajstić information content (AvgIpc) is 2.51. The topological polar surface area (TPSA) is 63.6 Å². The summed E-state index contributed by atoms with van der Waals surface area (Å²) in [6, 6.07) is 7.78.